The first-order valence-electron chi connectivity index (χ1n) is 14.1. The quantitative estimate of drug-likeness (QED) is 0.221. The lowest BCUT2D eigenvalue weighted by molar-refractivity contribution is -0.139. The van der Waals surface area contributed by atoms with Crippen LogP contribution in [0, 0.1) is 11.3 Å². The molecular weight excluding hydrogens is 598 g/mol. The van der Waals surface area contributed by atoms with E-state index in [1.165, 1.54) is 15.9 Å². The van der Waals surface area contributed by atoms with E-state index in [2.05, 4.69) is 11.1 Å². The van der Waals surface area contributed by atoms with E-state index in [1.54, 1.807) is 50.3 Å². The first kappa shape index (κ1) is 30.8. The van der Waals surface area contributed by atoms with Crippen molar-refractivity contribution in [3.63, 3.8) is 0 Å². The van der Waals surface area contributed by atoms with E-state index in [9.17, 15) is 9.59 Å². The third-order valence-corrected chi connectivity index (χ3v) is 8.05. The Morgan fingerprint density at radius 3 is 2.59 bits per heavy atom. The van der Waals surface area contributed by atoms with E-state index in [-0.39, 0.29) is 30.5 Å². The maximum absolute atomic E-state index is 14.2. The number of benzene rings is 3. The summed E-state index contributed by atoms with van der Waals surface area (Å²) in [5, 5.41) is 9.55. The van der Waals surface area contributed by atoms with Crippen molar-refractivity contribution in [2.24, 2.45) is 4.99 Å². The third kappa shape index (κ3) is 6.47. The number of aromatic nitrogens is 1. The van der Waals surface area contributed by atoms with Crippen LogP contribution < -0.4 is 24.4 Å². The molecule has 0 fully saturated rings. The molecule has 0 N–H and O–H groups in total. The number of para-hydroxylation sites is 1. The fourth-order valence-electron chi connectivity index (χ4n) is 4.89. The Morgan fingerprint density at radius 2 is 1.89 bits per heavy atom. The molecule has 1 aliphatic heterocycles. The molecule has 2 heterocycles. The van der Waals surface area contributed by atoms with Crippen molar-refractivity contribution in [1.82, 2.24) is 4.57 Å². The number of carbonyl (C=O) groups excluding carboxylic acids is 1. The van der Waals surface area contributed by atoms with Crippen LogP contribution >= 0.6 is 22.9 Å². The number of nitriles is 1. The average Bonchev–Trinajstić information content (AvgIpc) is 3.30. The van der Waals surface area contributed by atoms with E-state index >= 15 is 0 Å². The fraction of sp³-hybridized carbons (Fsp3) is 0.235. The predicted molar refractivity (Wildman–Crippen MR) is 170 cm³/mol. The number of rotatable bonds is 9. The number of esters is 1. The van der Waals surface area contributed by atoms with E-state index in [1.807, 2.05) is 50.2 Å². The smallest absolute Gasteiger partial charge is 0.338 e. The van der Waals surface area contributed by atoms with Gasteiger partial charge in [-0.3, -0.25) is 9.36 Å². The number of halogens is 1. The molecule has 0 spiro atoms. The number of nitrogens with zero attached hydrogens (tertiary/aromatic N) is 3. The average molecular weight is 628 g/mol. The van der Waals surface area contributed by atoms with Crippen molar-refractivity contribution in [3.05, 3.63) is 125 Å². The van der Waals surface area contributed by atoms with Crippen LogP contribution in [-0.4, -0.2) is 23.2 Å². The summed E-state index contributed by atoms with van der Waals surface area (Å²) >= 11 is 7.57. The Bertz CT molecular complexity index is 1970. The van der Waals surface area contributed by atoms with E-state index < -0.39 is 12.0 Å². The zero-order valence-electron chi connectivity index (χ0n) is 24.7. The molecule has 5 rings (SSSR count). The number of ether oxygens (including phenoxy) is 3. The SMILES string of the molecule is CCOC(=O)C1=C(C)N=c2s/c(=C\c3cc(Cl)ccc3OCc3ccc(C#N)cc3)c(=O)n2[C@@H]1c1ccccc1OC(C)C. The minimum Gasteiger partial charge on any atom is -0.491 e. The zero-order chi connectivity index (χ0) is 31.4. The van der Waals surface area contributed by atoms with E-state index in [0.717, 1.165) is 5.56 Å². The number of fused-ring (bicyclic) bond motifs is 1. The van der Waals surface area contributed by atoms with Crippen LogP contribution in [0.4, 0.5) is 0 Å². The maximum atomic E-state index is 14.2. The van der Waals surface area contributed by atoms with Gasteiger partial charge in [-0.15, -0.1) is 0 Å². The normalized spacial score (nSPS) is 14.6. The Labute approximate surface area is 263 Å². The van der Waals surface area contributed by atoms with Crippen molar-refractivity contribution in [1.29, 1.82) is 5.26 Å². The van der Waals surface area contributed by atoms with E-state index in [0.29, 0.717) is 48.2 Å². The maximum Gasteiger partial charge on any atom is 0.338 e. The lowest BCUT2D eigenvalue weighted by atomic mass is 9.95. The molecule has 8 nitrogen and oxygen atoms in total. The largest absolute Gasteiger partial charge is 0.491 e. The van der Waals surface area contributed by atoms with Crippen molar-refractivity contribution >= 4 is 35.0 Å². The van der Waals surface area contributed by atoms with E-state index in [4.69, 9.17) is 31.1 Å². The molecule has 4 aromatic rings. The molecule has 0 saturated heterocycles. The van der Waals surface area contributed by atoms with Gasteiger partial charge in [-0.1, -0.05) is 53.3 Å². The Balaban J connectivity index is 1.63. The molecule has 1 aromatic heterocycles. The van der Waals surface area contributed by atoms with Gasteiger partial charge >= 0.3 is 5.97 Å². The summed E-state index contributed by atoms with van der Waals surface area (Å²) in [5.41, 5.74) is 3.13. The van der Waals surface area contributed by atoms with Gasteiger partial charge in [0, 0.05) is 16.1 Å². The summed E-state index contributed by atoms with van der Waals surface area (Å²) in [5.74, 6) is 0.549. The summed E-state index contributed by atoms with van der Waals surface area (Å²) in [6.45, 7) is 7.75. The predicted octanol–water partition coefficient (Wildman–Crippen LogP) is 5.69. The molecule has 44 heavy (non-hydrogen) atoms. The van der Waals surface area contributed by atoms with Crippen LogP contribution in [0.2, 0.25) is 5.02 Å². The monoisotopic (exact) mass is 627 g/mol. The molecule has 0 amide bonds. The summed E-state index contributed by atoms with van der Waals surface area (Å²) in [4.78, 5) is 32.6. The first-order valence-corrected chi connectivity index (χ1v) is 15.3. The molecule has 1 aliphatic rings. The number of thiazole rings is 1. The van der Waals surface area contributed by atoms with Crippen LogP contribution in [0.25, 0.3) is 6.08 Å². The highest BCUT2D eigenvalue weighted by Gasteiger charge is 2.35. The minimum absolute atomic E-state index is 0.131. The topological polar surface area (TPSA) is 103 Å². The Kier molecular flexibility index (Phi) is 9.33. The lowest BCUT2D eigenvalue weighted by Crippen LogP contribution is -2.40. The molecule has 0 unspecified atom stereocenters. The fourth-order valence-corrected chi connectivity index (χ4v) is 6.11. The molecule has 3 aromatic carbocycles. The highest BCUT2D eigenvalue weighted by molar-refractivity contribution is 7.07. The second-order valence-corrected chi connectivity index (χ2v) is 11.7. The van der Waals surface area contributed by atoms with Gasteiger partial charge in [0.25, 0.3) is 5.56 Å². The number of hydrogen-bond acceptors (Lipinski definition) is 8. The number of carbonyl (C=O) groups is 1. The Hall–Kier alpha value is -4.65. The van der Waals surface area contributed by atoms with Crippen molar-refractivity contribution < 1.29 is 19.0 Å². The highest BCUT2D eigenvalue weighted by Crippen LogP contribution is 2.36. The second-order valence-electron chi connectivity index (χ2n) is 10.3. The highest BCUT2D eigenvalue weighted by atomic mass is 35.5. The molecule has 0 radical (unpaired) electrons. The molecule has 10 heteroatoms. The van der Waals surface area contributed by atoms with Crippen molar-refractivity contribution in [2.45, 2.75) is 46.4 Å². The van der Waals surface area contributed by atoms with Gasteiger partial charge in [0.2, 0.25) is 0 Å². The third-order valence-electron chi connectivity index (χ3n) is 6.83. The molecular formula is C34H30ClN3O5S. The van der Waals surface area contributed by atoms with Crippen LogP contribution in [0.3, 0.4) is 0 Å². The summed E-state index contributed by atoms with van der Waals surface area (Å²) in [7, 11) is 0. The molecule has 224 valence electrons. The van der Waals surface area contributed by atoms with Crippen molar-refractivity contribution in [3.8, 4) is 17.6 Å². The first-order chi connectivity index (χ1) is 21.2. The summed E-state index contributed by atoms with van der Waals surface area (Å²) in [6.07, 6.45) is 1.59. The van der Waals surface area contributed by atoms with Gasteiger partial charge in [-0.2, -0.15) is 5.26 Å². The minimum atomic E-state index is -0.811. The summed E-state index contributed by atoms with van der Waals surface area (Å²) < 4.78 is 19.6. The van der Waals surface area contributed by atoms with Crippen LogP contribution in [0.15, 0.2) is 87.8 Å². The Morgan fingerprint density at radius 1 is 1.14 bits per heavy atom. The number of allylic oxidation sites excluding steroid dienone is 1. The molecule has 0 saturated carbocycles. The molecule has 0 aliphatic carbocycles. The van der Waals surface area contributed by atoms with Gasteiger partial charge in [0.05, 0.1) is 40.1 Å². The molecule has 0 bridgehead atoms. The number of hydrogen-bond donors (Lipinski definition) is 0. The van der Waals surface area contributed by atoms with Gasteiger partial charge in [0.15, 0.2) is 4.80 Å². The zero-order valence-corrected chi connectivity index (χ0v) is 26.2. The van der Waals surface area contributed by atoms with Crippen LogP contribution in [0.1, 0.15) is 56.0 Å². The van der Waals surface area contributed by atoms with Gasteiger partial charge < -0.3 is 14.2 Å². The van der Waals surface area contributed by atoms with Crippen LogP contribution in [0.5, 0.6) is 11.5 Å². The summed E-state index contributed by atoms with van der Waals surface area (Å²) in [6, 6.07) is 21.0. The second kappa shape index (κ2) is 13.3. The molecule has 1 atom stereocenters. The van der Waals surface area contributed by atoms with Crippen LogP contribution in [-0.2, 0) is 16.1 Å². The van der Waals surface area contributed by atoms with Gasteiger partial charge in [-0.25, -0.2) is 9.79 Å². The van der Waals surface area contributed by atoms with Crippen molar-refractivity contribution in [2.75, 3.05) is 6.61 Å². The van der Waals surface area contributed by atoms with Gasteiger partial charge in [0.1, 0.15) is 24.1 Å². The lowest BCUT2D eigenvalue weighted by Gasteiger charge is -2.26. The van der Waals surface area contributed by atoms with Gasteiger partial charge in [-0.05, 0) is 75.7 Å². The standard InChI is InChI=1S/C34H30ClN3O5S/c1-5-41-33(40)30-21(4)37-34-38(31(30)26-8-6-7-9-28(26)43-20(2)3)32(39)29(44-34)17-24-16-25(35)14-15-27(24)42-19-23-12-10-22(18-36)11-13-23/h6-17,20,31H,5,19H2,1-4H3/b29-17-/t31-/m1/s1.